The highest BCUT2D eigenvalue weighted by Gasteiger charge is 2.23. The molecule has 6 nitrogen and oxygen atoms in total. The predicted octanol–water partition coefficient (Wildman–Crippen LogP) is 3.57. The fourth-order valence-corrected chi connectivity index (χ4v) is 2.69. The van der Waals surface area contributed by atoms with Gasteiger partial charge in [-0.1, -0.05) is 24.3 Å². The van der Waals surface area contributed by atoms with E-state index in [1.807, 2.05) is 36.4 Å². The van der Waals surface area contributed by atoms with Crippen LogP contribution in [0, 0.1) is 0 Å². The van der Waals surface area contributed by atoms with Gasteiger partial charge in [-0.3, -0.25) is 4.79 Å². The molecule has 0 saturated carbocycles. The number of hydrogen-bond acceptors (Lipinski definition) is 5. The molecule has 7 heteroatoms. The zero-order chi connectivity index (χ0) is 19.1. The van der Waals surface area contributed by atoms with E-state index in [-0.39, 0.29) is 0 Å². The molecule has 0 heterocycles. The van der Waals surface area contributed by atoms with Crippen molar-refractivity contribution in [2.75, 3.05) is 13.7 Å². The standard InChI is InChI=1S/C19H22NO5P/c1-4-16(17(21)24-19(26)25-18(22)20-5-2)14-7-6-13-11-15(23-3)9-8-12(13)10-14/h4,6-11,16,19H,1,5,26H2,2-3H3,(H,20,22)/t16-,19?/m0/s1. The van der Waals surface area contributed by atoms with E-state index in [1.165, 1.54) is 6.08 Å². The van der Waals surface area contributed by atoms with Crippen LogP contribution in [-0.2, 0) is 14.3 Å². The molecule has 3 atom stereocenters. The number of esters is 1. The number of carbonyl (C=O) groups is 2. The SMILES string of the molecule is C=C[C@H](C(=O)OC(P)OC(=O)NCC)c1ccc2cc(OC)ccc2c1. The third-order valence-electron chi connectivity index (χ3n) is 3.70. The van der Waals surface area contributed by atoms with Gasteiger partial charge in [0, 0.05) is 6.54 Å². The number of ether oxygens (including phenoxy) is 3. The van der Waals surface area contributed by atoms with Gasteiger partial charge < -0.3 is 19.5 Å². The van der Waals surface area contributed by atoms with Gasteiger partial charge >= 0.3 is 12.1 Å². The van der Waals surface area contributed by atoms with Gasteiger partial charge in [-0.2, -0.15) is 0 Å². The molecule has 26 heavy (non-hydrogen) atoms. The van der Waals surface area contributed by atoms with Gasteiger partial charge in [-0.15, -0.1) is 6.58 Å². The quantitative estimate of drug-likeness (QED) is 0.347. The molecule has 0 radical (unpaired) electrons. The van der Waals surface area contributed by atoms with Crippen molar-refractivity contribution >= 4 is 32.1 Å². The van der Waals surface area contributed by atoms with Crippen LogP contribution < -0.4 is 10.1 Å². The molecule has 2 aromatic rings. The number of rotatable bonds is 7. The van der Waals surface area contributed by atoms with Crippen LogP contribution in [0.1, 0.15) is 18.4 Å². The molecule has 1 N–H and O–H groups in total. The summed E-state index contributed by atoms with van der Waals surface area (Å²) in [4.78, 5) is 23.8. The fraction of sp³-hybridized carbons (Fsp3) is 0.263. The number of alkyl carbamates (subject to hydrolysis) is 1. The summed E-state index contributed by atoms with van der Waals surface area (Å²) in [5, 5.41) is 4.41. The Labute approximate surface area is 154 Å². The Bertz CT molecular complexity index is 808. The maximum atomic E-state index is 12.4. The van der Waals surface area contributed by atoms with Crippen LogP contribution in [0.5, 0.6) is 5.75 Å². The minimum Gasteiger partial charge on any atom is -0.497 e. The second-order valence-corrected chi connectivity index (χ2v) is 5.97. The molecule has 0 saturated heterocycles. The highest BCUT2D eigenvalue weighted by molar-refractivity contribution is 7.17. The molecule has 2 unspecified atom stereocenters. The maximum Gasteiger partial charge on any atom is 0.410 e. The van der Waals surface area contributed by atoms with Gasteiger partial charge in [0.05, 0.1) is 13.0 Å². The van der Waals surface area contributed by atoms with E-state index in [1.54, 1.807) is 14.0 Å². The normalized spacial score (nSPS) is 12.7. The smallest absolute Gasteiger partial charge is 0.410 e. The number of methoxy groups -OCH3 is 1. The molecule has 1 amide bonds. The monoisotopic (exact) mass is 375 g/mol. The first-order valence-electron chi connectivity index (χ1n) is 8.09. The summed E-state index contributed by atoms with van der Waals surface area (Å²) < 4.78 is 15.3. The van der Waals surface area contributed by atoms with Crippen molar-refractivity contribution in [1.29, 1.82) is 0 Å². The van der Waals surface area contributed by atoms with Gasteiger partial charge in [0.1, 0.15) is 5.75 Å². The molecule has 0 bridgehead atoms. The largest absolute Gasteiger partial charge is 0.497 e. The first kappa shape index (κ1) is 19.7. The maximum absolute atomic E-state index is 12.4. The summed E-state index contributed by atoms with van der Waals surface area (Å²) in [6.07, 6.45) is 0.839. The minimum absolute atomic E-state index is 0.418. The summed E-state index contributed by atoms with van der Waals surface area (Å²) in [7, 11) is 3.77. The Balaban J connectivity index is 2.14. The molecule has 0 aromatic heterocycles. The molecule has 0 aliphatic heterocycles. The average molecular weight is 375 g/mol. The van der Waals surface area contributed by atoms with Gasteiger partial charge in [-0.25, -0.2) is 4.79 Å². The first-order chi connectivity index (χ1) is 12.5. The van der Waals surface area contributed by atoms with Gasteiger partial charge in [0.15, 0.2) is 0 Å². The zero-order valence-electron chi connectivity index (χ0n) is 14.7. The van der Waals surface area contributed by atoms with E-state index in [0.717, 1.165) is 22.1 Å². The van der Waals surface area contributed by atoms with E-state index in [4.69, 9.17) is 14.2 Å². The minimum atomic E-state index is -1.08. The van der Waals surface area contributed by atoms with Crippen molar-refractivity contribution in [2.24, 2.45) is 0 Å². The van der Waals surface area contributed by atoms with E-state index >= 15 is 0 Å². The molecule has 0 spiro atoms. The zero-order valence-corrected chi connectivity index (χ0v) is 15.9. The highest BCUT2D eigenvalue weighted by Crippen LogP contribution is 2.27. The number of fused-ring (bicyclic) bond motifs is 1. The summed E-state index contributed by atoms with van der Waals surface area (Å²) >= 11 is 0. The van der Waals surface area contributed by atoms with Crippen molar-refractivity contribution in [2.45, 2.75) is 18.9 Å². The molecule has 0 aliphatic rings. The second-order valence-electron chi connectivity index (χ2n) is 5.43. The lowest BCUT2D eigenvalue weighted by Crippen LogP contribution is -2.29. The van der Waals surface area contributed by atoms with Crippen molar-refractivity contribution in [3.05, 3.63) is 54.6 Å². The van der Waals surface area contributed by atoms with E-state index in [9.17, 15) is 9.59 Å². The van der Waals surface area contributed by atoms with Crippen LogP contribution in [0.2, 0.25) is 0 Å². The Hall–Kier alpha value is -2.59. The summed E-state index contributed by atoms with van der Waals surface area (Å²) in [6.45, 7) is 5.89. The number of nitrogens with one attached hydrogen (secondary N) is 1. The van der Waals surface area contributed by atoms with Crippen LogP contribution >= 0.6 is 9.24 Å². The summed E-state index contributed by atoms with van der Waals surface area (Å²) in [6, 6.07) is 10.2. The molecular formula is C19H22NO5P. The van der Waals surface area contributed by atoms with Crippen molar-refractivity contribution in [3.63, 3.8) is 0 Å². The third-order valence-corrected chi connectivity index (χ3v) is 3.97. The van der Waals surface area contributed by atoms with E-state index < -0.39 is 24.0 Å². The lowest BCUT2D eigenvalue weighted by Gasteiger charge is -2.18. The number of benzene rings is 2. The van der Waals surface area contributed by atoms with Crippen LogP contribution in [0.25, 0.3) is 10.8 Å². The van der Waals surface area contributed by atoms with Crippen LogP contribution in [-0.4, -0.2) is 31.7 Å². The summed E-state index contributed by atoms with van der Waals surface area (Å²) in [5.41, 5.74) is 0.734. The topological polar surface area (TPSA) is 73.9 Å². The Morgan fingerprint density at radius 2 is 1.88 bits per heavy atom. The Morgan fingerprint density at radius 3 is 2.54 bits per heavy atom. The van der Waals surface area contributed by atoms with E-state index in [0.29, 0.717) is 6.54 Å². The van der Waals surface area contributed by atoms with Crippen molar-refractivity contribution < 1.29 is 23.8 Å². The van der Waals surface area contributed by atoms with Crippen molar-refractivity contribution in [3.8, 4) is 5.75 Å². The predicted molar refractivity (Wildman–Crippen MR) is 103 cm³/mol. The number of amides is 1. The Morgan fingerprint density at radius 1 is 1.19 bits per heavy atom. The molecule has 138 valence electrons. The molecule has 0 aliphatic carbocycles. The average Bonchev–Trinajstić information content (AvgIpc) is 2.61. The van der Waals surface area contributed by atoms with Crippen LogP contribution in [0.3, 0.4) is 0 Å². The number of carbonyl (C=O) groups excluding carboxylic acids is 2. The first-order valence-corrected chi connectivity index (χ1v) is 8.76. The summed E-state index contributed by atoms with van der Waals surface area (Å²) in [5.74, 6) is -0.474. The Kier molecular flexibility index (Phi) is 6.98. The van der Waals surface area contributed by atoms with Gasteiger partial charge in [-0.05, 0) is 50.7 Å². The highest BCUT2D eigenvalue weighted by atomic mass is 31.0. The molecule has 0 fully saturated rings. The fourth-order valence-electron chi connectivity index (χ4n) is 2.43. The number of hydrogen-bond donors (Lipinski definition) is 1. The lowest BCUT2D eigenvalue weighted by molar-refractivity contribution is -0.156. The molecular weight excluding hydrogens is 353 g/mol. The van der Waals surface area contributed by atoms with Gasteiger partial charge in [0.2, 0.25) is 0 Å². The molecule has 2 aromatic carbocycles. The van der Waals surface area contributed by atoms with Gasteiger partial charge in [0.25, 0.3) is 6.03 Å². The lowest BCUT2D eigenvalue weighted by atomic mass is 9.96. The van der Waals surface area contributed by atoms with Crippen LogP contribution in [0.4, 0.5) is 4.79 Å². The third kappa shape index (κ3) is 4.96. The molecule has 2 rings (SSSR count). The second kappa shape index (κ2) is 9.20. The van der Waals surface area contributed by atoms with Crippen molar-refractivity contribution in [1.82, 2.24) is 5.32 Å². The van der Waals surface area contributed by atoms with Crippen LogP contribution in [0.15, 0.2) is 49.1 Å². The van der Waals surface area contributed by atoms with E-state index in [2.05, 4.69) is 21.1 Å².